The van der Waals surface area contributed by atoms with Crippen LogP contribution in [0.3, 0.4) is 0 Å². The van der Waals surface area contributed by atoms with Crippen molar-refractivity contribution in [2.45, 2.75) is 20.8 Å². The fourth-order valence-electron chi connectivity index (χ4n) is 3.65. The number of carbonyl (C=O) groups excluding carboxylic acids is 3. The third-order valence-corrected chi connectivity index (χ3v) is 5.42. The van der Waals surface area contributed by atoms with Gasteiger partial charge in [0.1, 0.15) is 11.5 Å². The van der Waals surface area contributed by atoms with E-state index >= 15 is 0 Å². The molecule has 7 heteroatoms. The van der Waals surface area contributed by atoms with Crippen molar-refractivity contribution >= 4 is 40.4 Å². The average molecular weight is 443 g/mol. The van der Waals surface area contributed by atoms with E-state index in [1.54, 1.807) is 24.3 Å². The van der Waals surface area contributed by atoms with Crippen molar-refractivity contribution in [3.8, 4) is 0 Å². The Hall–Kier alpha value is -4.26. The smallest absolute Gasteiger partial charge is 0.282 e. The summed E-state index contributed by atoms with van der Waals surface area (Å²) in [7, 11) is 0. The van der Waals surface area contributed by atoms with Crippen molar-refractivity contribution < 1.29 is 18.8 Å². The number of carbonyl (C=O) groups is 3. The standard InChI is InChI=1S/C26H22FN3O3/c1-15-7-10-21(13-16(15)2)29-24-23(18-8-11-20(12-9-18)28-17(3)31)25(32)30(26(24)33)22-6-4-5-19(27)14-22/h4-14,29H,1-3H3,(H,28,31). The molecule has 1 aliphatic heterocycles. The zero-order chi connectivity index (χ0) is 23.7. The van der Waals surface area contributed by atoms with Crippen LogP contribution in [-0.2, 0) is 14.4 Å². The minimum Gasteiger partial charge on any atom is -0.350 e. The summed E-state index contributed by atoms with van der Waals surface area (Å²) >= 11 is 0. The summed E-state index contributed by atoms with van der Waals surface area (Å²) in [6, 6.07) is 17.6. The van der Waals surface area contributed by atoms with Crippen LogP contribution >= 0.6 is 0 Å². The summed E-state index contributed by atoms with van der Waals surface area (Å²) in [6.45, 7) is 5.34. The van der Waals surface area contributed by atoms with Crippen molar-refractivity contribution in [3.63, 3.8) is 0 Å². The van der Waals surface area contributed by atoms with Crippen molar-refractivity contribution in [1.82, 2.24) is 0 Å². The molecule has 0 bridgehead atoms. The van der Waals surface area contributed by atoms with Crippen molar-refractivity contribution in [3.05, 3.63) is 94.9 Å². The lowest BCUT2D eigenvalue weighted by atomic mass is 10.0. The fourth-order valence-corrected chi connectivity index (χ4v) is 3.65. The average Bonchev–Trinajstić information content (AvgIpc) is 3.00. The van der Waals surface area contributed by atoms with Crippen molar-refractivity contribution in [2.75, 3.05) is 15.5 Å². The van der Waals surface area contributed by atoms with Crippen LogP contribution in [0.5, 0.6) is 0 Å². The Morgan fingerprint density at radius 1 is 0.848 bits per heavy atom. The molecule has 0 aromatic heterocycles. The molecule has 166 valence electrons. The van der Waals surface area contributed by atoms with Gasteiger partial charge in [0.05, 0.1) is 11.3 Å². The zero-order valence-electron chi connectivity index (χ0n) is 18.4. The lowest BCUT2D eigenvalue weighted by Crippen LogP contribution is -2.32. The second-order valence-corrected chi connectivity index (χ2v) is 7.86. The topological polar surface area (TPSA) is 78.5 Å². The van der Waals surface area contributed by atoms with E-state index in [9.17, 15) is 18.8 Å². The van der Waals surface area contributed by atoms with Crippen LogP contribution in [0.4, 0.5) is 21.5 Å². The highest BCUT2D eigenvalue weighted by atomic mass is 19.1. The normalized spacial score (nSPS) is 13.5. The fraction of sp³-hybridized carbons (Fsp3) is 0.115. The molecule has 4 rings (SSSR count). The molecular formula is C26H22FN3O3. The van der Waals surface area contributed by atoms with Gasteiger partial charge in [0.15, 0.2) is 0 Å². The summed E-state index contributed by atoms with van der Waals surface area (Å²) < 4.78 is 13.9. The van der Waals surface area contributed by atoms with E-state index < -0.39 is 17.6 Å². The van der Waals surface area contributed by atoms with Gasteiger partial charge in [-0.3, -0.25) is 14.4 Å². The molecule has 6 nitrogen and oxygen atoms in total. The molecule has 3 aromatic rings. The van der Waals surface area contributed by atoms with Gasteiger partial charge in [-0.05, 0) is 73.0 Å². The third-order valence-electron chi connectivity index (χ3n) is 5.42. The van der Waals surface area contributed by atoms with E-state index in [0.29, 0.717) is 16.9 Å². The maximum Gasteiger partial charge on any atom is 0.282 e. The number of aryl methyl sites for hydroxylation is 2. The van der Waals surface area contributed by atoms with E-state index in [1.807, 2.05) is 32.0 Å². The maximum absolute atomic E-state index is 13.9. The van der Waals surface area contributed by atoms with Gasteiger partial charge in [0.2, 0.25) is 5.91 Å². The van der Waals surface area contributed by atoms with Gasteiger partial charge in [-0.1, -0.05) is 24.3 Å². The predicted octanol–water partition coefficient (Wildman–Crippen LogP) is 4.80. The van der Waals surface area contributed by atoms with Gasteiger partial charge in [0, 0.05) is 18.3 Å². The number of halogens is 1. The molecule has 0 fully saturated rings. The van der Waals surface area contributed by atoms with Crippen LogP contribution < -0.4 is 15.5 Å². The van der Waals surface area contributed by atoms with Crippen LogP contribution in [-0.4, -0.2) is 17.7 Å². The number of nitrogens with one attached hydrogen (secondary N) is 2. The minimum atomic E-state index is -0.579. The first-order chi connectivity index (χ1) is 15.7. The van der Waals surface area contributed by atoms with Crippen LogP contribution in [0.15, 0.2) is 72.4 Å². The Labute approximate surface area is 190 Å². The van der Waals surface area contributed by atoms with Gasteiger partial charge in [0.25, 0.3) is 11.8 Å². The zero-order valence-corrected chi connectivity index (χ0v) is 18.4. The predicted molar refractivity (Wildman–Crippen MR) is 126 cm³/mol. The van der Waals surface area contributed by atoms with Gasteiger partial charge in [-0.2, -0.15) is 0 Å². The van der Waals surface area contributed by atoms with E-state index in [4.69, 9.17) is 0 Å². The molecule has 33 heavy (non-hydrogen) atoms. The lowest BCUT2D eigenvalue weighted by molar-refractivity contribution is -0.120. The van der Waals surface area contributed by atoms with Gasteiger partial charge in [-0.15, -0.1) is 0 Å². The number of amides is 3. The number of rotatable bonds is 5. The summed E-state index contributed by atoms with van der Waals surface area (Å²) in [5, 5.41) is 5.77. The third kappa shape index (κ3) is 4.39. The van der Waals surface area contributed by atoms with Crippen LogP contribution in [0.1, 0.15) is 23.6 Å². The Morgan fingerprint density at radius 2 is 1.55 bits per heavy atom. The first-order valence-electron chi connectivity index (χ1n) is 10.4. The van der Waals surface area contributed by atoms with Gasteiger partial charge in [-0.25, -0.2) is 9.29 Å². The monoisotopic (exact) mass is 443 g/mol. The molecule has 0 saturated carbocycles. The molecule has 2 N–H and O–H groups in total. The highest BCUT2D eigenvalue weighted by Gasteiger charge is 2.40. The second-order valence-electron chi connectivity index (χ2n) is 7.86. The molecule has 1 heterocycles. The molecule has 1 aliphatic rings. The minimum absolute atomic E-state index is 0.0970. The molecular weight excluding hydrogens is 421 g/mol. The van der Waals surface area contributed by atoms with E-state index in [0.717, 1.165) is 22.1 Å². The number of nitrogens with zero attached hydrogens (tertiary/aromatic N) is 1. The molecule has 0 saturated heterocycles. The number of benzene rings is 3. The summed E-state index contributed by atoms with van der Waals surface area (Å²) in [5.74, 6) is -1.91. The van der Waals surface area contributed by atoms with Crippen LogP contribution in [0.25, 0.3) is 5.57 Å². The first kappa shape index (κ1) is 22.0. The van der Waals surface area contributed by atoms with E-state index in [1.165, 1.54) is 25.1 Å². The molecule has 0 spiro atoms. The number of anilines is 3. The summed E-state index contributed by atoms with van der Waals surface area (Å²) in [4.78, 5) is 39.1. The Morgan fingerprint density at radius 3 is 2.18 bits per heavy atom. The first-order valence-corrected chi connectivity index (χ1v) is 10.4. The molecule has 0 radical (unpaired) electrons. The van der Waals surface area contributed by atoms with Crippen molar-refractivity contribution in [1.29, 1.82) is 0 Å². The molecule has 3 aromatic carbocycles. The number of hydrogen-bond acceptors (Lipinski definition) is 4. The van der Waals surface area contributed by atoms with E-state index in [2.05, 4.69) is 10.6 Å². The summed E-state index contributed by atoms with van der Waals surface area (Å²) in [5.41, 5.74) is 4.25. The molecule has 0 unspecified atom stereocenters. The largest absolute Gasteiger partial charge is 0.350 e. The highest BCUT2D eigenvalue weighted by molar-refractivity contribution is 6.46. The number of imide groups is 1. The van der Waals surface area contributed by atoms with Crippen LogP contribution in [0.2, 0.25) is 0 Å². The SMILES string of the molecule is CC(=O)Nc1ccc(C2=C(Nc3ccc(C)c(C)c3)C(=O)N(c3cccc(F)c3)C2=O)cc1. The van der Waals surface area contributed by atoms with E-state index in [-0.39, 0.29) is 22.9 Å². The number of hydrogen-bond donors (Lipinski definition) is 2. The quantitative estimate of drug-likeness (QED) is 0.556. The van der Waals surface area contributed by atoms with Crippen LogP contribution in [0, 0.1) is 19.7 Å². The summed E-state index contributed by atoms with van der Waals surface area (Å²) in [6.07, 6.45) is 0. The molecule has 0 atom stereocenters. The van der Waals surface area contributed by atoms with Crippen molar-refractivity contribution in [2.24, 2.45) is 0 Å². The maximum atomic E-state index is 13.9. The second kappa shape index (κ2) is 8.70. The lowest BCUT2D eigenvalue weighted by Gasteiger charge is -2.15. The Balaban J connectivity index is 1.80. The highest BCUT2D eigenvalue weighted by Crippen LogP contribution is 2.34. The Bertz CT molecular complexity index is 1310. The molecule has 3 amide bonds. The molecule has 0 aliphatic carbocycles. The van der Waals surface area contributed by atoms with Gasteiger partial charge >= 0.3 is 0 Å². The van der Waals surface area contributed by atoms with Gasteiger partial charge < -0.3 is 10.6 Å². The Kier molecular flexibility index (Phi) is 5.79.